The molecule has 1 fully saturated rings. The maximum atomic E-state index is 12.3. The highest BCUT2D eigenvalue weighted by Gasteiger charge is 2.24. The number of aliphatic imine (C=N–C) groups is 1. The van der Waals surface area contributed by atoms with Crippen molar-refractivity contribution in [2.45, 2.75) is 20.3 Å². The number of nitrogens with one attached hydrogen (secondary N) is 1. The van der Waals surface area contributed by atoms with Crippen LogP contribution in [0, 0.1) is 0 Å². The van der Waals surface area contributed by atoms with Gasteiger partial charge in [0, 0.05) is 5.56 Å². The maximum Gasteiger partial charge on any atom is 0.344 e. The van der Waals surface area contributed by atoms with Crippen LogP contribution >= 0.6 is 11.8 Å². The lowest BCUT2D eigenvalue weighted by Gasteiger charge is -2.08. The largest absolute Gasteiger partial charge is 0.481 e. The molecule has 1 aliphatic heterocycles. The molecule has 3 rings (SSSR count). The Hall–Kier alpha value is -3.06. The van der Waals surface area contributed by atoms with E-state index < -0.39 is 5.97 Å². The highest BCUT2D eigenvalue weighted by atomic mass is 32.2. The van der Waals surface area contributed by atoms with E-state index in [0.717, 1.165) is 12.1 Å². The van der Waals surface area contributed by atoms with Crippen molar-refractivity contribution in [3.8, 4) is 5.75 Å². The lowest BCUT2D eigenvalue weighted by Crippen LogP contribution is -2.19. The number of aryl methyl sites for hydroxylation is 1. The van der Waals surface area contributed by atoms with Crippen molar-refractivity contribution in [1.29, 1.82) is 0 Å². The van der Waals surface area contributed by atoms with Crippen molar-refractivity contribution < 1.29 is 19.1 Å². The van der Waals surface area contributed by atoms with Crippen molar-refractivity contribution in [2.75, 3.05) is 13.2 Å². The van der Waals surface area contributed by atoms with Gasteiger partial charge in [-0.05, 0) is 54.9 Å². The third-order valence-electron chi connectivity index (χ3n) is 4.08. The predicted octanol–water partition coefficient (Wildman–Crippen LogP) is 4.08. The topological polar surface area (TPSA) is 77.0 Å². The zero-order chi connectivity index (χ0) is 20.6. The van der Waals surface area contributed by atoms with Crippen molar-refractivity contribution >= 4 is 40.6 Å². The molecule has 0 aromatic heterocycles. The molecule has 7 heteroatoms. The molecule has 2 aromatic rings. The summed E-state index contributed by atoms with van der Waals surface area (Å²) in [6, 6.07) is 15.1. The van der Waals surface area contributed by atoms with Gasteiger partial charge in [0.2, 0.25) is 0 Å². The SMILES string of the molecule is CCOC(=O)COc1ccccc1/C=C1\SC(=Nc2ccc(CC)cc2)NC1=O. The van der Waals surface area contributed by atoms with Crippen molar-refractivity contribution in [1.82, 2.24) is 5.32 Å². The summed E-state index contributed by atoms with van der Waals surface area (Å²) < 4.78 is 10.4. The fraction of sp³-hybridized carbons (Fsp3) is 0.227. The van der Waals surface area contributed by atoms with Gasteiger partial charge in [0.25, 0.3) is 5.91 Å². The molecule has 2 aromatic carbocycles. The van der Waals surface area contributed by atoms with Gasteiger partial charge in [0.05, 0.1) is 17.2 Å². The van der Waals surface area contributed by atoms with E-state index in [0.29, 0.717) is 28.0 Å². The van der Waals surface area contributed by atoms with Gasteiger partial charge in [0.1, 0.15) is 5.75 Å². The van der Waals surface area contributed by atoms with Crippen molar-refractivity contribution in [3.63, 3.8) is 0 Å². The minimum atomic E-state index is -0.438. The highest BCUT2D eigenvalue weighted by molar-refractivity contribution is 8.18. The van der Waals surface area contributed by atoms with Gasteiger partial charge in [-0.2, -0.15) is 0 Å². The number of amides is 1. The summed E-state index contributed by atoms with van der Waals surface area (Å²) in [6.07, 6.45) is 2.69. The Morgan fingerprint density at radius 1 is 1.14 bits per heavy atom. The van der Waals surface area contributed by atoms with Crippen LogP contribution in [0.2, 0.25) is 0 Å². The smallest absolute Gasteiger partial charge is 0.344 e. The molecule has 1 N–H and O–H groups in total. The molecule has 1 heterocycles. The minimum absolute atomic E-state index is 0.187. The molecule has 29 heavy (non-hydrogen) atoms. The van der Waals surface area contributed by atoms with E-state index in [1.54, 1.807) is 25.1 Å². The number of amidine groups is 1. The zero-order valence-electron chi connectivity index (χ0n) is 16.3. The Bertz CT molecular complexity index is 952. The van der Waals surface area contributed by atoms with Crippen LogP contribution in [0.15, 0.2) is 58.4 Å². The number of hydrogen-bond acceptors (Lipinski definition) is 6. The quantitative estimate of drug-likeness (QED) is 0.550. The zero-order valence-corrected chi connectivity index (χ0v) is 17.1. The lowest BCUT2D eigenvalue weighted by atomic mass is 10.2. The number of esters is 1. The lowest BCUT2D eigenvalue weighted by molar-refractivity contribution is -0.145. The predicted molar refractivity (Wildman–Crippen MR) is 115 cm³/mol. The molecule has 1 saturated heterocycles. The summed E-state index contributed by atoms with van der Waals surface area (Å²) in [5, 5.41) is 3.30. The summed E-state index contributed by atoms with van der Waals surface area (Å²) in [5.74, 6) is -0.160. The molecular weight excluding hydrogens is 388 g/mol. The Kier molecular flexibility index (Phi) is 7.08. The fourth-order valence-electron chi connectivity index (χ4n) is 2.62. The van der Waals surface area contributed by atoms with Gasteiger partial charge in [-0.25, -0.2) is 9.79 Å². The first-order valence-corrected chi connectivity index (χ1v) is 10.2. The number of carbonyl (C=O) groups excluding carboxylic acids is 2. The summed E-state index contributed by atoms with van der Waals surface area (Å²) in [7, 11) is 0. The van der Waals surface area contributed by atoms with Gasteiger partial charge in [-0.15, -0.1) is 0 Å². The van der Waals surface area contributed by atoms with E-state index in [2.05, 4.69) is 17.2 Å². The third-order valence-corrected chi connectivity index (χ3v) is 4.99. The first-order chi connectivity index (χ1) is 14.1. The van der Waals surface area contributed by atoms with E-state index in [4.69, 9.17) is 9.47 Å². The van der Waals surface area contributed by atoms with Crippen LogP contribution in [0.3, 0.4) is 0 Å². The molecule has 0 unspecified atom stereocenters. The normalized spacial score (nSPS) is 16.1. The summed E-state index contributed by atoms with van der Waals surface area (Å²) in [6.45, 7) is 3.95. The van der Waals surface area contributed by atoms with E-state index in [1.165, 1.54) is 17.3 Å². The number of ether oxygens (including phenoxy) is 2. The molecule has 0 bridgehead atoms. The summed E-state index contributed by atoms with van der Waals surface area (Å²) in [5.41, 5.74) is 2.71. The number of benzene rings is 2. The minimum Gasteiger partial charge on any atom is -0.481 e. The average Bonchev–Trinajstić information content (AvgIpc) is 3.07. The van der Waals surface area contributed by atoms with E-state index >= 15 is 0 Å². The Morgan fingerprint density at radius 2 is 1.90 bits per heavy atom. The van der Waals surface area contributed by atoms with E-state index in [9.17, 15) is 9.59 Å². The second-order valence-corrected chi connectivity index (χ2v) is 7.16. The molecule has 1 amide bonds. The van der Waals surface area contributed by atoms with Crippen LogP contribution in [0.1, 0.15) is 25.0 Å². The Labute approximate surface area is 174 Å². The standard InChI is InChI=1S/C22H22N2O4S/c1-3-15-9-11-17(12-10-15)23-22-24-21(26)19(29-22)13-16-7-5-6-8-18(16)28-14-20(25)27-4-2/h5-13H,3-4,14H2,1-2H3,(H,23,24,26)/b19-13-. The monoisotopic (exact) mass is 410 g/mol. The average molecular weight is 410 g/mol. The first kappa shape index (κ1) is 20.7. The summed E-state index contributed by atoms with van der Waals surface area (Å²) >= 11 is 1.26. The molecule has 6 nitrogen and oxygen atoms in total. The number of rotatable bonds is 7. The molecule has 0 atom stereocenters. The molecule has 0 radical (unpaired) electrons. The highest BCUT2D eigenvalue weighted by Crippen LogP contribution is 2.30. The number of carbonyl (C=O) groups is 2. The van der Waals surface area contributed by atoms with Crippen LogP contribution < -0.4 is 10.1 Å². The van der Waals surface area contributed by atoms with Gasteiger partial charge in [-0.1, -0.05) is 37.3 Å². The van der Waals surface area contributed by atoms with E-state index in [-0.39, 0.29) is 12.5 Å². The van der Waals surface area contributed by atoms with Crippen molar-refractivity contribution in [3.05, 3.63) is 64.6 Å². The van der Waals surface area contributed by atoms with Crippen molar-refractivity contribution in [2.24, 2.45) is 4.99 Å². The van der Waals surface area contributed by atoms with Gasteiger partial charge < -0.3 is 14.8 Å². The Morgan fingerprint density at radius 3 is 2.62 bits per heavy atom. The van der Waals surface area contributed by atoms with Crippen LogP contribution in [0.25, 0.3) is 6.08 Å². The van der Waals surface area contributed by atoms with Crippen LogP contribution in [-0.2, 0) is 20.7 Å². The molecule has 0 spiro atoms. The molecule has 150 valence electrons. The van der Waals surface area contributed by atoms with E-state index in [1.807, 2.05) is 36.4 Å². The number of hydrogen-bond donors (Lipinski definition) is 1. The number of nitrogens with zero attached hydrogens (tertiary/aromatic N) is 1. The van der Waals surface area contributed by atoms with Crippen LogP contribution in [0.5, 0.6) is 5.75 Å². The van der Waals surface area contributed by atoms with Gasteiger partial charge >= 0.3 is 5.97 Å². The molecule has 0 saturated carbocycles. The van der Waals surface area contributed by atoms with Crippen LogP contribution in [-0.4, -0.2) is 30.3 Å². The number of thioether (sulfide) groups is 1. The Balaban J connectivity index is 1.74. The first-order valence-electron chi connectivity index (χ1n) is 9.35. The number of para-hydroxylation sites is 1. The molecular formula is C22H22N2O4S. The van der Waals surface area contributed by atoms with Crippen LogP contribution in [0.4, 0.5) is 5.69 Å². The second kappa shape index (κ2) is 9.93. The van der Waals surface area contributed by atoms with Gasteiger partial charge in [0.15, 0.2) is 11.8 Å². The summed E-state index contributed by atoms with van der Waals surface area (Å²) in [4.78, 5) is 28.9. The van der Waals surface area contributed by atoms with Gasteiger partial charge in [-0.3, -0.25) is 4.79 Å². The second-order valence-electron chi connectivity index (χ2n) is 6.13. The third kappa shape index (κ3) is 5.71. The fourth-order valence-corrected chi connectivity index (χ4v) is 3.45. The molecule has 1 aliphatic rings. The maximum absolute atomic E-state index is 12.3. The molecule has 0 aliphatic carbocycles.